The first-order valence-electron chi connectivity index (χ1n) is 7.72. The van der Waals surface area contributed by atoms with E-state index in [1.54, 1.807) is 6.07 Å². The Balaban J connectivity index is 1.73. The Morgan fingerprint density at radius 2 is 1.88 bits per heavy atom. The summed E-state index contributed by atoms with van der Waals surface area (Å²) in [4.78, 5) is 11.7. The summed E-state index contributed by atoms with van der Waals surface area (Å²) in [6.07, 6.45) is -4.42. The third-order valence-electron chi connectivity index (χ3n) is 3.21. The average Bonchev–Trinajstić information content (AvgIpc) is 2.57. The minimum atomic E-state index is -4.42. The van der Waals surface area contributed by atoms with E-state index < -0.39 is 17.8 Å². The van der Waals surface area contributed by atoms with Crippen LogP contribution < -0.4 is 15.4 Å². The van der Waals surface area contributed by atoms with Crippen LogP contribution in [0.4, 0.5) is 23.7 Å². The number of halogens is 3. The van der Waals surface area contributed by atoms with Crippen LogP contribution in [0.2, 0.25) is 0 Å². The number of rotatable bonds is 4. The first-order chi connectivity index (χ1) is 12.3. The van der Waals surface area contributed by atoms with Crippen molar-refractivity contribution in [3.05, 3.63) is 59.7 Å². The SMILES string of the molecule is Cc1cccc(NC(=O)NCC#CCOc2cccc(C(F)(F)F)c2)c1. The number of carbonyl (C=O) groups excluding carboxylic acids is 1. The number of hydrogen-bond donors (Lipinski definition) is 2. The first-order valence-corrected chi connectivity index (χ1v) is 7.72. The third-order valence-corrected chi connectivity index (χ3v) is 3.21. The summed E-state index contributed by atoms with van der Waals surface area (Å²) < 4.78 is 42.9. The zero-order valence-electron chi connectivity index (χ0n) is 14.0. The second kappa shape index (κ2) is 8.81. The van der Waals surface area contributed by atoms with E-state index >= 15 is 0 Å². The second-order valence-electron chi connectivity index (χ2n) is 5.34. The minimum absolute atomic E-state index is 0.0809. The summed E-state index contributed by atoms with van der Waals surface area (Å²) in [6, 6.07) is 11.5. The Morgan fingerprint density at radius 1 is 1.12 bits per heavy atom. The van der Waals surface area contributed by atoms with Crippen LogP contribution in [-0.4, -0.2) is 19.2 Å². The zero-order chi connectivity index (χ0) is 19.0. The number of benzene rings is 2. The largest absolute Gasteiger partial charge is 0.481 e. The highest BCUT2D eigenvalue weighted by atomic mass is 19.4. The molecule has 0 fully saturated rings. The van der Waals surface area contributed by atoms with E-state index in [9.17, 15) is 18.0 Å². The van der Waals surface area contributed by atoms with Gasteiger partial charge >= 0.3 is 12.2 Å². The molecule has 136 valence electrons. The smallest absolute Gasteiger partial charge is 0.416 e. The van der Waals surface area contributed by atoms with Gasteiger partial charge in [0, 0.05) is 5.69 Å². The van der Waals surface area contributed by atoms with Gasteiger partial charge in [0.25, 0.3) is 0 Å². The topological polar surface area (TPSA) is 50.4 Å². The summed E-state index contributed by atoms with van der Waals surface area (Å²) in [5.74, 6) is 5.37. The lowest BCUT2D eigenvalue weighted by molar-refractivity contribution is -0.137. The molecule has 2 aromatic carbocycles. The molecule has 26 heavy (non-hydrogen) atoms. The lowest BCUT2D eigenvalue weighted by atomic mass is 10.2. The average molecular weight is 362 g/mol. The van der Waals surface area contributed by atoms with Crippen molar-refractivity contribution in [2.45, 2.75) is 13.1 Å². The van der Waals surface area contributed by atoms with E-state index in [1.165, 1.54) is 12.1 Å². The van der Waals surface area contributed by atoms with Crippen LogP contribution in [0.5, 0.6) is 5.75 Å². The Kier molecular flexibility index (Phi) is 6.50. The van der Waals surface area contributed by atoms with E-state index in [1.807, 2.05) is 25.1 Å². The molecule has 0 unspecified atom stereocenters. The molecular formula is C19H17F3N2O2. The van der Waals surface area contributed by atoms with Gasteiger partial charge in [-0.15, -0.1) is 0 Å². The molecule has 0 aromatic heterocycles. The van der Waals surface area contributed by atoms with Gasteiger partial charge in [-0.05, 0) is 42.8 Å². The number of nitrogens with one attached hydrogen (secondary N) is 2. The van der Waals surface area contributed by atoms with Crippen molar-refractivity contribution in [1.82, 2.24) is 5.32 Å². The monoisotopic (exact) mass is 362 g/mol. The fraction of sp³-hybridized carbons (Fsp3) is 0.211. The predicted octanol–water partition coefficient (Wildman–Crippen LogP) is 4.22. The van der Waals surface area contributed by atoms with Crippen LogP contribution in [0.25, 0.3) is 0 Å². The van der Waals surface area contributed by atoms with Gasteiger partial charge in [-0.3, -0.25) is 0 Å². The molecule has 2 N–H and O–H groups in total. The molecule has 0 bridgehead atoms. The van der Waals surface area contributed by atoms with Crippen LogP contribution in [-0.2, 0) is 6.18 Å². The zero-order valence-corrected chi connectivity index (χ0v) is 14.0. The van der Waals surface area contributed by atoms with Crippen molar-refractivity contribution >= 4 is 11.7 Å². The van der Waals surface area contributed by atoms with Crippen LogP contribution in [0.3, 0.4) is 0 Å². The molecule has 0 radical (unpaired) electrons. The van der Waals surface area contributed by atoms with Crippen molar-refractivity contribution in [3.63, 3.8) is 0 Å². The van der Waals surface area contributed by atoms with Gasteiger partial charge in [-0.25, -0.2) is 4.79 Å². The van der Waals surface area contributed by atoms with E-state index in [2.05, 4.69) is 22.5 Å². The van der Waals surface area contributed by atoms with Crippen LogP contribution in [0.15, 0.2) is 48.5 Å². The van der Waals surface area contributed by atoms with Crippen molar-refractivity contribution in [2.24, 2.45) is 0 Å². The maximum Gasteiger partial charge on any atom is 0.416 e. The molecule has 2 aromatic rings. The minimum Gasteiger partial charge on any atom is -0.481 e. The third kappa shape index (κ3) is 6.40. The second-order valence-corrected chi connectivity index (χ2v) is 5.34. The molecule has 2 amide bonds. The number of anilines is 1. The van der Waals surface area contributed by atoms with Crippen molar-refractivity contribution in [3.8, 4) is 17.6 Å². The molecule has 0 spiro atoms. The van der Waals surface area contributed by atoms with Gasteiger partial charge in [0.2, 0.25) is 0 Å². The number of carbonyl (C=O) groups is 1. The van der Waals surface area contributed by atoms with Gasteiger partial charge in [0.15, 0.2) is 0 Å². The van der Waals surface area contributed by atoms with Gasteiger partial charge in [-0.2, -0.15) is 13.2 Å². The van der Waals surface area contributed by atoms with Crippen molar-refractivity contribution < 1.29 is 22.7 Å². The molecule has 0 atom stereocenters. The summed E-state index contributed by atoms with van der Waals surface area (Å²) in [5.41, 5.74) is 0.912. The lowest BCUT2D eigenvalue weighted by Crippen LogP contribution is -2.28. The molecule has 2 rings (SSSR count). The van der Waals surface area contributed by atoms with Crippen molar-refractivity contribution in [1.29, 1.82) is 0 Å². The normalized spacial score (nSPS) is 10.5. The quantitative estimate of drug-likeness (QED) is 0.801. The summed E-state index contributed by atoms with van der Waals surface area (Å²) in [7, 11) is 0. The number of hydrogen-bond acceptors (Lipinski definition) is 2. The molecular weight excluding hydrogens is 345 g/mol. The molecule has 0 saturated carbocycles. The number of urea groups is 1. The van der Waals surface area contributed by atoms with Gasteiger partial charge in [0.05, 0.1) is 12.1 Å². The van der Waals surface area contributed by atoms with Crippen LogP contribution in [0.1, 0.15) is 11.1 Å². The highest BCUT2D eigenvalue weighted by Crippen LogP contribution is 2.31. The summed E-state index contributed by atoms with van der Waals surface area (Å²) >= 11 is 0. The Labute approximate surface area is 149 Å². The molecule has 4 nitrogen and oxygen atoms in total. The molecule has 0 aliphatic heterocycles. The lowest BCUT2D eigenvalue weighted by Gasteiger charge is -2.08. The van der Waals surface area contributed by atoms with E-state index in [0.29, 0.717) is 5.69 Å². The highest BCUT2D eigenvalue weighted by Gasteiger charge is 2.30. The Morgan fingerprint density at radius 3 is 2.62 bits per heavy atom. The fourth-order valence-corrected chi connectivity index (χ4v) is 2.02. The number of amides is 2. The van der Waals surface area contributed by atoms with E-state index in [4.69, 9.17) is 4.74 Å². The van der Waals surface area contributed by atoms with Crippen molar-refractivity contribution in [2.75, 3.05) is 18.5 Å². The maximum atomic E-state index is 12.6. The number of aryl methyl sites for hydroxylation is 1. The predicted molar refractivity (Wildman–Crippen MR) is 92.9 cm³/mol. The molecule has 0 heterocycles. The summed E-state index contributed by atoms with van der Waals surface area (Å²) in [5, 5.41) is 5.21. The Bertz CT molecular complexity index is 823. The molecule has 7 heteroatoms. The van der Waals surface area contributed by atoms with Gasteiger partial charge in [0.1, 0.15) is 12.4 Å². The Hall–Kier alpha value is -3.14. The fourth-order valence-electron chi connectivity index (χ4n) is 2.02. The maximum absolute atomic E-state index is 12.6. The van der Waals surface area contributed by atoms with Gasteiger partial charge in [-0.1, -0.05) is 30.0 Å². The van der Waals surface area contributed by atoms with E-state index in [0.717, 1.165) is 17.7 Å². The number of alkyl halides is 3. The molecule has 0 saturated heterocycles. The molecule has 0 aliphatic carbocycles. The highest BCUT2D eigenvalue weighted by molar-refractivity contribution is 5.89. The standard InChI is InChI=1S/C19H17F3N2O2/c1-14-6-4-8-16(12-14)24-18(25)23-10-2-3-11-26-17-9-5-7-15(13-17)19(20,21)22/h4-9,12-13H,10-11H2,1H3,(H2,23,24,25). The van der Waals surface area contributed by atoms with E-state index in [-0.39, 0.29) is 18.9 Å². The summed E-state index contributed by atoms with van der Waals surface area (Å²) in [6.45, 7) is 1.92. The molecule has 0 aliphatic rings. The van der Waals surface area contributed by atoms with Crippen LogP contribution >= 0.6 is 0 Å². The first kappa shape index (κ1) is 19.2. The van der Waals surface area contributed by atoms with Gasteiger partial charge < -0.3 is 15.4 Å². The van der Waals surface area contributed by atoms with Crippen LogP contribution in [0, 0.1) is 18.8 Å². The number of ether oxygens (including phenoxy) is 1.